The lowest BCUT2D eigenvalue weighted by Crippen LogP contribution is -2.20. The molecule has 0 aliphatic rings. The summed E-state index contributed by atoms with van der Waals surface area (Å²) in [5.74, 6) is 0.455. The normalized spacial score (nSPS) is 10.1. The Balaban J connectivity index is 1.88. The van der Waals surface area contributed by atoms with Crippen molar-refractivity contribution in [1.82, 2.24) is 0 Å². The number of rotatable bonds is 5. The van der Waals surface area contributed by atoms with E-state index in [1.165, 1.54) is 0 Å². The van der Waals surface area contributed by atoms with Crippen LogP contribution in [-0.2, 0) is 11.3 Å². The summed E-state index contributed by atoms with van der Waals surface area (Å²) in [5, 5.41) is 2.79. The lowest BCUT2D eigenvalue weighted by molar-refractivity contribution is -0.118. The van der Waals surface area contributed by atoms with Gasteiger partial charge in [0.25, 0.3) is 5.91 Å². The van der Waals surface area contributed by atoms with E-state index in [-0.39, 0.29) is 12.5 Å². The van der Waals surface area contributed by atoms with Gasteiger partial charge >= 0.3 is 0 Å². The Kier molecular flexibility index (Phi) is 5.37. The highest BCUT2D eigenvalue weighted by Crippen LogP contribution is 2.14. The predicted molar refractivity (Wildman–Crippen MR) is 87.6 cm³/mol. The number of nitrogens with one attached hydrogen (secondary N) is 1. The molecule has 0 fully saturated rings. The number of amides is 1. The average molecular weight is 382 g/mol. The molecule has 0 bridgehead atoms. The molecular weight excluding hydrogens is 367 g/mol. The number of benzene rings is 2. The van der Waals surface area contributed by atoms with Crippen LogP contribution in [-0.4, -0.2) is 12.5 Å². The maximum atomic E-state index is 11.8. The highest BCUT2D eigenvalue weighted by atomic mass is 127. The first kappa shape index (κ1) is 14.8. The van der Waals surface area contributed by atoms with Gasteiger partial charge in [0.05, 0.1) is 0 Å². The molecule has 0 spiro atoms. The summed E-state index contributed by atoms with van der Waals surface area (Å²) in [6.07, 6.45) is 0. The predicted octanol–water partition coefficient (Wildman–Crippen LogP) is 2.77. The second kappa shape index (κ2) is 7.25. The van der Waals surface area contributed by atoms with Gasteiger partial charge in [-0.15, -0.1) is 0 Å². The van der Waals surface area contributed by atoms with Gasteiger partial charge in [0.1, 0.15) is 5.75 Å². The van der Waals surface area contributed by atoms with Gasteiger partial charge in [-0.05, 0) is 58.5 Å². The van der Waals surface area contributed by atoms with Crippen LogP contribution in [0.3, 0.4) is 0 Å². The van der Waals surface area contributed by atoms with Crippen LogP contribution < -0.4 is 15.8 Å². The summed E-state index contributed by atoms with van der Waals surface area (Å²) in [6, 6.07) is 15.0. The fraction of sp³-hybridized carbons (Fsp3) is 0.133. The molecule has 0 saturated heterocycles. The summed E-state index contributed by atoms with van der Waals surface area (Å²) in [6.45, 7) is 0.422. The van der Waals surface area contributed by atoms with Crippen LogP contribution >= 0.6 is 22.6 Å². The third-order valence-corrected chi connectivity index (χ3v) is 3.28. The summed E-state index contributed by atoms with van der Waals surface area (Å²) >= 11 is 2.20. The van der Waals surface area contributed by atoms with Gasteiger partial charge in [0.15, 0.2) is 6.61 Å². The van der Waals surface area contributed by atoms with Crippen LogP contribution in [0, 0.1) is 3.57 Å². The van der Waals surface area contributed by atoms with Crippen molar-refractivity contribution in [3.05, 3.63) is 57.7 Å². The monoisotopic (exact) mass is 382 g/mol. The Hall–Kier alpha value is -1.60. The number of hydrogen-bond acceptors (Lipinski definition) is 3. The maximum absolute atomic E-state index is 11.8. The van der Waals surface area contributed by atoms with Gasteiger partial charge in [-0.2, -0.15) is 0 Å². The lowest BCUT2D eigenvalue weighted by atomic mass is 10.2. The number of hydrogen-bond donors (Lipinski definition) is 2. The SMILES string of the molecule is NCc1cccc(OCC(=O)Nc2cccc(I)c2)c1. The number of carbonyl (C=O) groups excluding carboxylic acids is 1. The minimum Gasteiger partial charge on any atom is -0.484 e. The molecule has 20 heavy (non-hydrogen) atoms. The Morgan fingerprint density at radius 3 is 2.75 bits per heavy atom. The van der Waals surface area contributed by atoms with Crippen LogP contribution in [0.4, 0.5) is 5.69 Å². The molecule has 0 aliphatic carbocycles. The molecular formula is C15H15IN2O2. The topological polar surface area (TPSA) is 64.3 Å². The molecule has 3 N–H and O–H groups in total. The number of anilines is 1. The van der Waals surface area contributed by atoms with Crippen LogP contribution in [0.15, 0.2) is 48.5 Å². The Labute approximate surface area is 131 Å². The zero-order valence-electron chi connectivity index (χ0n) is 10.8. The standard InChI is InChI=1S/C15H15IN2O2/c16-12-4-2-5-13(8-12)18-15(19)10-20-14-6-1-3-11(7-14)9-17/h1-8H,9-10,17H2,(H,18,19). The highest BCUT2D eigenvalue weighted by molar-refractivity contribution is 14.1. The third-order valence-electron chi connectivity index (χ3n) is 2.61. The van der Waals surface area contributed by atoms with E-state index < -0.39 is 0 Å². The third kappa shape index (κ3) is 4.50. The second-order valence-electron chi connectivity index (χ2n) is 4.20. The first-order valence-corrected chi connectivity index (χ1v) is 7.22. The van der Waals surface area contributed by atoms with Crippen molar-refractivity contribution in [1.29, 1.82) is 0 Å². The molecule has 0 aliphatic heterocycles. The smallest absolute Gasteiger partial charge is 0.262 e. The Morgan fingerprint density at radius 1 is 1.20 bits per heavy atom. The molecule has 4 nitrogen and oxygen atoms in total. The molecule has 0 radical (unpaired) electrons. The molecule has 1 amide bonds. The molecule has 104 valence electrons. The number of carbonyl (C=O) groups is 1. The molecule has 5 heteroatoms. The molecule has 0 unspecified atom stereocenters. The Bertz CT molecular complexity index is 602. The number of nitrogens with two attached hydrogens (primary N) is 1. The van der Waals surface area contributed by atoms with Crippen molar-refractivity contribution in [2.75, 3.05) is 11.9 Å². The molecule has 0 atom stereocenters. The summed E-state index contributed by atoms with van der Waals surface area (Å²) < 4.78 is 6.51. The van der Waals surface area contributed by atoms with Crippen LogP contribution in [0.25, 0.3) is 0 Å². The maximum Gasteiger partial charge on any atom is 0.262 e. The molecule has 2 aromatic rings. The summed E-state index contributed by atoms with van der Waals surface area (Å²) in [4.78, 5) is 11.8. The van der Waals surface area contributed by atoms with Crippen molar-refractivity contribution in [2.24, 2.45) is 5.73 Å². The van der Waals surface area contributed by atoms with E-state index in [9.17, 15) is 4.79 Å². The van der Waals surface area contributed by atoms with Gasteiger partial charge in [0.2, 0.25) is 0 Å². The minimum absolute atomic E-state index is 0.0283. The summed E-state index contributed by atoms with van der Waals surface area (Å²) in [7, 11) is 0. The van der Waals surface area contributed by atoms with E-state index in [0.717, 1.165) is 14.8 Å². The first-order valence-electron chi connectivity index (χ1n) is 6.14. The number of ether oxygens (including phenoxy) is 1. The zero-order valence-corrected chi connectivity index (χ0v) is 13.0. The Morgan fingerprint density at radius 2 is 2.00 bits per heavy atom. The van der Waals surface area contributed by atoms with Gasteiger partial charge in [0, 0.05) is 15.8 Å². The van der Waals surface area contributed by atoms with Crippen molar-refractivity contribution in [3.63, 3.8) is 0 Å². The largest absolute Gasteiger partial charge is 0.484 e. The van der Waals surface area contributed by atoms with E-state index >= 15 is 0 Å². The quantitative estimate of drug-likeness (QED) is 0.782. The first-order chi connectivity index (χ1) is 9.67. The summed E-state index contributed by atoms with van der Waals surface area (Å²) in [5.41, 5.74) is 7.29. The van der Waals surface area contributed by atoms with Crippen LogP contribution in [0.2, 0.25) is 0 Å². The molecule has 0 saturated carbocycles. The molecule has 2 rings (SSSR count). The molecule has 0 aromatic heterocycles. The lowest BCUT2D eigenvalue weighted by Gasteiger charge is -2.08. The van der Waals surface area contributed by atoms with Crippen molar-refractivity contribution < 1.29 is 9.53 Å². The van der Waals surface area contributed by atoms with Crippen LogP contribution in [0.1, 0.15) is 5.56 Å². The average Bonchev–Trinajstić information content (AvgIpc) is 2.45. The van der Waals surface area contributed by atoms with Crippen molar-refractivity contribution >= 4 is 34.2 Å². The van der Waals surface area contributed by atoms with E-state index in [4.69, 9.17) is 10.5 Å². The van der Waals surface area contributed by atoms with Gasteiger partial charge in [-0.3, -0.25) is 4.79 Å². The van der Waals surface area contributed by atoms with E-state index in [2.05, 4.69) is 27.9 Å². The van der Waals surface area contributed by atoms with Crippen LogP contribution in [0.5, 0.6) is 5.75 Å². The van der Waals surface area contributed by atoms with Gasteiger partial charge in [-0.1, -0.05) is 18.2 Å². The fourth-order valence-electron chi connectivity index (χ4n) is 1.67. The molecule has 2 aromatic carbocycles. The minimum atomic E-state index is -0.190. The van der Waals surface area contributed by atoms with Crippen molar-refractivity contribution in [3.8, 4) is 5.75 Å². The highest BCUT2D eigenvalue weighted by Gasteiger charge is 2.04. The van der Waals surface area contributed by atoms with Gasteiger partial charge in [-0.25, -0.2) is 0 Å². The van der Waals surface area contributed by atoms with E-state index in [0.29, 0.717) is 12.3 Å². The van der Waals surface area contributed by atoms with Gasteiger partial charge < -0.3 is 15.8 Å². The van der Waals surface area contributed by atoms with Crippen molar-refractivity contribution in [2.45, 2.75) is 6.54 Å². The fourth-order valence-corrected chi connectivity index (χ4v) is 2.22. The second-order valence-corrected chi connectivity index (χ2v) is 5.44. The van der Waals surface area contributed by atoms with E-state index in [1.807, 2.05) is 42.5 Å². The zero-order chi connectivity index (χ0) is 14.4. The van der Waals surface area contributed by atoms with E-state index in [1.54, 1.807) is 6.07 Å². The number of halogens is 1. The molecule has 0 heterocycles.